The lowest BCUT2D eigenvalue weighted by atomic mass is 9.96. The maximum Gasteiger partial charge on any atom is 0.0390 e. The first kappa shape index (κ1) is 11.7. The molecular weight excluding hydrogens is 206 g/mol. The smallest absolute Gasteiger partial charge is 0.0390 e. The van der Waals surface area contributed by atoms with Gasteiger partial charge in [-0.3, -0.25) is 0 Å². The maximum atomic E-state index is 6.14. The van der Waals surface area contributed by atoms with Gasteiger partial charge < -0.3 is 5.73 Å². The lowest BCUT2D eigenvalue weighted by Crippen LogP contribution is -1.99. The Labute approximate surface area is 103 Å². The van der Waals surface area contributed by atoms with Crippen molar-refractivity contribution < 1.29 is 0 Å². The normalized spacial score (nSPS) is 19.5. The van der Waals surface area contributed by atoms with E-state index in [2.05, 4.69) is 56.3 Å². The van der Waals surface area contributed by atoms with E-state index in [1.165, 1.54) is 11.1 Å². The molecule has 2 N–H and O–H groups in total. The largest absolute Gasteiger partial charge is 0.398 e. The first-order chi connectivity index (χ1) is 8.22. The molecule has 1 aliphatic carbocycles. The standard InChI is InChI=1S/C16H19N/c1-3-13-6-4-5-7-14(13)15-10-8-12(2)9-11-16(15)17/h4-12H,3,17H2,1-2H3/t12-/m1/s1. The van der Waals surface area contributed by atoms with Crippen LogP contribution in [0.25, 0.3) is 5.57 Å². The molecule has 1 aliphatic rings. The zero-order valence-corrected chi connectivity index (χ0v) is 10.5. The maximum absolute atomic E-state index is 6.14. The second-order valence-electron chi connectivity index (χ2n) is 4.46. The molecule has 0 fully saturated rings. The highest BCUT2D eigenvalue weighted by Gasteiger charge is 2.08. The Hall–Kier alpha value is -1.76. The molecule has 1 aromatic rings. The Balaban J connectivity index is 2.52. The topological polar surface area (TPSA) is 26.0 Å². The van der Waals surface area contributed by atoms with Crippen LogP contribution in [0, 0.1) is 5.92 Å². The van der Waals surface area contributed by atoms with Gasteiger partial charge in [0.1, 0.15) is 0 Å². The van der Waals surface area contributed by atoms with E-state index in [4.69, 9.17) is 5.73 Å². The Kier molecular flexibility index (Phi) is 3.48. The molecular formula is C16H19N. The van der Waals surface area contributed by atoms with Crippen molar-refractivity contribution in [3.05, 3.63) is 65.4 Å². The van der Waals surface area contributed by atoms with Gasteiger partial charge in [0.2, 0.25) is 0 Å². The van der Waals surface area contributed by atoms with Gasteiger partial charge in [0, 0.05) is 11.3 Å². The Morgan fingerprint density at radius 3 is 2.59 bits per heavy atom. The molecule has 88 valence electrons. The van der Waals surface area contributed by atoms with Gasteiger partial charge in [-0.15, -0.1) is 0 Å². The molecule has 0 bridgehead atoms. The number of aryl methyl sites for hydroxylation is 1. The summed E-state index contributed by atoms with van der Waals surface area (Å²) in [4.78, 5) is 0. The zero-order valence-electron chi connectivity index (χ0n) is 10.5. The molecule has 1 aromatic carbocycles. The van der Waals surface area contributed by atoms with Crippen LogP contribution in [0.4, 0.5) is 0 Å². The summed E-state index contributed by atoms with van der Waals surface area (Å²) in [5.41, 5.74) is 10.7. The van der Waals surface area contributed by atoms with E-state index in [-0.39, 0.29) is 0 Å². The molecule has 0 amide bonds. The third kappa shape index (κ3) is 2.50. The van der Waals surface area contributed by atoms with Gasteiger partial charge in [-0.1, -0.05) is 56.3 Å². The van der Waals surface area contributed by atoms with E-state index in [0.29, 0.717) is 5.92 Å². The molecule has 0 aromatic heterocycles. The number of hydrogen-bond acceptors (Lipinski definition) is 1. The Bertz CT molecular complexity index is 492. The van der Waals surface area contributed by atoms with Gasteiger partial charge in [-0.2, -0.15) is 0 Å². The third-order valence-electron chi connectivity index (χ3n) is 3.15. The number of benzene rings is 1. The number of nitrogens with two attached hydrogens (primary N) is 1. The number of hydrogen-bond donors (Lipinski definition) is 1. The summed E-state index contributed by atoms with van der Waals surface area (Å²) < 4.78 is 0. The van der Waals surface area contributed by atoms with Crippen LogP contribution < -0.4 is 5.73 Å². The molecule has 1 nitrogen and oxygen atoms in total. The molecule has 0 saturated heterocycles. The predicted molar refractivity (Wildman–Crippen MR) is 74.4 cm³/mol. The molecule has 2 rings (SSSR count). The molecule has 17 heavy (non-hydrogen) atoms. The van der Waals surface area contributed by atoms with E-state index < -0.39 is 0 Å². The van der Waals surface area contributed by atoms with Crippen molar-refractivity contribution in [2.45, 2.75) is 20.3 Å². The van der Waals surface area contributed by atoms with Crippen LogP contribution in [-0.2, 0) is 6.42 Å². The predicted octanol–water partition coefficient (Wildman–Crippen LogP) is 3.68. The monoisotopic (exact) mass is 225 g/mol. The quantitative estimate of drug-likeness (QED) is 0.816. The van der Waals surface area contributed by atoms with Crippen molar-refractivity contribution in [1.29, 1.82) is 0 Å². The first-order valence-electron chi connectivity index (χ1n) is 6.16. The minimum Gasteiger partial charge on any atom is -0.398 e. The first-order valence-corrected chi connectivity index (χ1v) is 6.16. The van der Waals surface area contributed by atoms with Gasteiger partial charge in [0.05, 0.1) is 0 Å². The fraction of sp³-hybridized carbons (Fsp3) is 0.250. The summed E-state index contributed by atoms with van der Waals surface area (Å²) in [7, 11) is 0. The van der Waals surface area contributed by atoms with Gasteiger partial charge in [0.15, 0.2) is 0 Å². The third-order valence-corrected chi connectivity index (χ3v) is 3.15. The van der Waals surface area contributed by atoms with Crippen LogP contribution in [0.1, 0.15) is 25.0 Å². The second kappa shape index (κ2) is 5.05. The summed E-state index contributed by atoms with van der Waals surface area (Å²) in [5, 5.41) is 0. The molecule has 0 spiro atoms. The highest BCUT2D eigenvalue weighted by Crippen LogP contribution is 2.25. The van der Waals surface area contributed by atoms with Crippen LogP contribution >= 0.6 is 0 Å². The summed E-state index contributed by atoms with van der Waals surface area (Å²) in [6, 6.07) is 8.47. The summed E-state index contributed by atoms with van der Waals surface area (Å²) in [5.74, 6) is 0.444. The molecule has 1 heteroatoms. The fourth-order valence-electron chi connectivity index (χ4n) is 2.09. The lowest BCUT2D eigenvalue weighted by Gasteiger charge is -2.10. The van der Waals surface area contributed by atoms with E-state index >= 15 is 0 Å². The van der Waals surface area contributed by atoms with Crippen molar-refractivity contribution in [3.63, 3.8) is 0 Å². The highest BCUT2D eigenvalue weighted by atomic mass is 14.6. The SMILES string of the molecule is CCc1ccccc1C1=C(N)C=C[C@H](C)C=C1. The Morgan fingerprint density at radius 1 is 1.12 bits per heavy atom. The minimum atomic E-state index is 0.444. The molecule has 0 aliphatic heterocycles. The fourth-order valence-corrected chi connectivity index (χ4v) is 2.09. The van der Waals surface area contributed by atoms with Crippen molar-refractivity contribution in [2.24, 2.45) is 11.7 Å². The van der Waals surface area contributed by atoms with E-state index in [9.17, 15) is 0 Å². The summed E-state index contributed by atoms with van der Waals surface area (Å²) in [6.07, 6.45) is 9.52. The van der Waals surface area contributed by atoms with E-state index in [1.807, 2.05) is 6.08 Å². The van der Waals surface area contributed by atoms with Crippen molar-refractivity contribution in [2.75, 3.05) is 0 Å². The average molecular weight is 225 g/mol. The van der Waals surface area contributed by atoms with Crippen LogP contribution in [0.5, 0.6) is 0 Å². The lowest BCUT2D eigenvalue weighted by molar-refractivity contribution is 0.941. The molecule has 1 atom stereocenters. The number of allylic oxidation sites excluding steroid dienone is 5. The summed E-state index contributed by atoms with van der Waals surface area (Å²) in [6.45, 7) is 4.34. The number of rotatable bonds is 2. The van der Waals surface area contributed by atoms with E-state index in [0.717, 1.165) is 17.7 Å². The van der Waals surface area contributed by atoms with Crippen molar-refractivity contribution in [3.8, 4) is 0 Å². The van der Waals surface area contributed by atoms with Gasteiger partial charge in [0.25, 0.3) is 0 Å². The minimum absolute atomic E-state index is 0.444. The molecule has 0 saturated carbocycles. The van der Waals surface area contributed by atoms with Crippen LogP contribution in [-0.4, -0.2) is 0 Å². The summed E-state index contributed by atoms with van der Waals surface area (Å²) >= 11 is 0. The van der Waals surface area contributed by atoms with Gasteiger partial charge >= 0.3 is 0 Å². The van der Waals surface area contributed by atoms with Crippen molar-refractivity contribution in [1.82, 2.24) is 0 Å². The zero-order chi connectivity index (χ0) is 12.3. The van der Waals surface area contributed by atoms with E-state index in [1.54, 1.807) is 0 Å². The van der Waals surface area contributed by atoms with Gasteiger partial charge in [-0.05, 0) is 29.5 Å². The molecule has 0 heterocycles. The average Bonchev–Trinajstić information content (AvgIpc) is 2.52. The van der Waals surface area contributed by atoms with Gasteiger partial charge in [-0.25, -0.2) is 0 Å². The van der Waals surface area contributed by atoms with Crippen LogP contribution in [0.15, 0.2) is 54.3 Å². The Morgan fingerprint density at radius 2 is 1.82 bits per heavy atom. The van der Waals surface area contributed by atoms with Crippen LogP contribution in [0.3, 0.4) is 0 Å². The molecule has 0 radical (unpaired) electrons. The second-order valence-corrected chi connectivity index (χ2v) is 4.46. The van der Waals surface area contributed by atoms with Crippen molar-refractivity contribution >= 4 is 5.57 Å². The van der Waals surface area contributed by atoms with Crippen LogP contribution in [0.2, 0.25) is 0 Å². The molecule has 0 unspecified atom stereocenters. The highest BCUT2D eigenvalue weighted by molar-refractivity contribution is 5.80.